The van der Waals surface area contributed by atoms with E-state index in [0.717, 1.165) is 18.5 Å². The van der Waals surface area contributed by atoms with Crippen molar-refractivity contribution in [1.82, 2.24) is 20.8 Å². The van der Waals surface area contributed by atoms with E-state index in [1.807, 2.05) is 0 Å². The van der Waals surface area contributed by atoms with Gasteiger partial charge in [-0.2, -0.15) is 5.10 Å². The van der Waals surface area contributed by atoms with Crippen molar-refractivity contribution >= 4 is 17.5 Å². The first kappa shape index (κ1) is 12.4. The number of rotatable bonds is 5. The molecule has 0 spiro atoms. The van der Waals surface area contributed by atoms with Gasteiger partial charge in [0.1, 0.15) is 0 Å². The molecule has 7 nitrogen and oxygen atoms in total. The second-order valence-electron chi connectivity index (χ2n) is 4.35. The van der Waals surface area contributed by atoms with Gasteiger partial charge in [0.15, 0.2) is 5.69 Å². The third kappa shape index (κ3) is 2.61. The molecule has 1 aromatic heterocycles. The van der Waals surface area contributed by atoms with Crippen molar-refractivity contribution in [2.45, 2.75) is 25.2 Å². The van der Waals surface area contributed by atoms with Crippen molar-refractivity contribution in [2.24, 2.45) is 0 Å². The van der Waals surface area contributed by atoms with E-state index in [0.29, 0.717) is 11.6 Å². The summed E-state index contributed by atoms with van der Waals surface area (Å²) in [6.07, 6.45) is 2.41. The summed E-state index contributed by atoms with van der Waals surface area (Å²) in [5.74, 6) is -0.0477. The first-order valence-electron chi connectivity index (χ1n) is 5.96. The smallest absolute Gasteiger partial charge is 0.273 e. The Balaban J connectivity index is 1.90. The van der Waals surface area contributed by atoms with Crippen LogP contribution >= 0.6 is 0 Å². The summed E-state index contributed by atoms with van der Waals surface area (Å²) in [6.45, 7) is 0.267. The lowest BCUT2D eigenvalue weighted by atomic mass is 10.2. The summed E-state index contributed by atoms with van der Waals surface area (Å²) in [5.41, 5.74) is 7.36. The standard InChI is InChI=1S/C11H17N5O2/c1-13-7(17)4-5-14-11(18)10-8(12)9(15-16-10)6-2-3-6/h6H,2-5,12H2,1H3,(H,13,17)(H,14,18)(H,15,16). The molecule has 2 amide bonds. The fraction of sp³-hybridized carbons (Fsp3) is 0.545. The van der Waals surface area contributed by atoms with Crippen LogP contribution in [0.2, 0.25) is 0 Å². The van der Waals surface area contributed by atoms with Crippen LogP contribution in [0.15, 0.2) is 0 Å². The predicted molar refractivity (Wildman–Crippen MR) is 66.0 cm³/mol. The maximum Gasteiger partial charge on any atom is 0.273 e. The van der Waals surface area contributed by atoms with Gasteiger partial charge in [-0.3, -0.25) is 14.7 Å². The van der Waals surface area contributed by atoms with Crippen molar-refractivity contribution in [3.63, 3.8) is 0 Å². The van der Waals surface area contributed by atoms with Gasteiger partial charge in [-0.05, 0) is 12.8 Å². The molecule has 18 heavy (non-hydrogen) atoms. The van der Waals surface area contributed by atoms with Crippen molar-refractivity contribution in [3.05, 3.63) is 11.4 Å². The van der Waals surface area contributed by atoms with Crippen molar-refractivity contribution in [3.8, 4) is 0 Å². The lowest BCUT2D eigenvalue weighted by Gasteiger charge is -2.03. The molecule has 1 saturated carbocycles. The molecule has 1 aromatic rings. The van der Waals surface area contributed by atoms with E-state index in [4.69, 9.17) is 5.73 Å². The van der Waals surface area contributed by atoms with Crippen molar-refractivity contribution in [1.29, 1.82) is 0 Å². The van der Waals surface area contributed by atoms with E-state index in [9.17, 15) is 9.59 Å². The highest BCUT2D eigenvalue weighted by molar-refractivity contribution is 5.97. The maximum absolute atomic E-state index is 11.8. The number of carbonyl (C=O) groups is 2. The molecular weight excluding hydrogens is 234 g/mol. The van der Waals surface area contributed by atoms with Gasteiger partial charge in [-0.25, -0.2) is 0 Å². The molecule has 1 aliphatic rings. The third-order valence-electron chi connectivity index (χ3n) is 2.95. The molecule has 1 heterocycles. The minimum Gasteiger partial charge on any atom is -0.395 e. The quantitative estimate of drug-likeness (QED) is 0.577. The van der Waals surface area contributed by atoms with Crippen LogP contribution in [0.25, 0.3) is 0 Å². The first-order valence-corrected chi connectivity index (χ1v) is 5.96. The summed E-state index contributed by atoms with van der Waals surface area (Å²) in [4.78, 5) is 22.8. The van der Waals surface area contributed by atoms with Gasteiger partial charge in [0, 0.05) is 25.9 Å². The Morgan fingerprint density at radius 2 is 2.22 bits per heavy atom. The highest BCUT2D eigenvalue weighted by atomic mass is 16.2. The van der Waals surface area contributed by atoms with Crippen LogP contribution in [-0.2, 0) is 4.79 Å². The van der Waals surface area contributed by atoms with Crippen LogP contribution in [0.3, 0.4) is 0 Å². The Morgan fingerprint density at radius 3 is 2.83 bits per heavy atom. The average Bonchev–Trinajstić information content (AvgIpc) is 3.12. The number of hydrogen-bond acceptors (Lipinski definition) is 4. The van der Waals surface area contributed by atoms with Gasteiger partial charge in [0.05, 0.1) is 11.4 Å². The molecule has 1 aliphatic carbocycles. The zero-order chi connectivity index (χ0) is 13.1. The van der Waals surface area contributed by atoms with Crippen LogP contribution in [0.1, 0.15) is 41.4 Å². The number of nitrogens with one attached hydrogen (secondary N) is 3. The van der Waals surface area contributed by atoms with E-state index in [-0.39, 0.29) is 30.5 Å². The lowest BCUT2D eigenvalue weighted by molar-refractivity contribution is -0.120. The number of H-pyrrole nitrogens is 1. The first-order chi connectivity index (χ1) is 8.63. The number of nitrogens with zero attached hydrogens (tertiary/aromatic N) is 1. The van der Waals surface area contributed by atoms with Gasteiger partial charge in [0.2, 0.25) is 5.91 Å². The largest absolute Gasteiger partial charge is 0.395 e. The number of nitrogens with two attached hydrogens (primary N) is 1. The van der Waals surface area contributed by atoms with E-state index in [2.05, 4.69) is 20.8 Å². The molecule has 0 aliphatic heterocycles. The molecule has 1 fully saturated rings. The molecule has 0 saturated heterocycles. The van der Waals surface area contributed by atoms with Gasteiger partial charge >= 0.3 is 0 Å². The van der Waals surface area contributed by atoms with Crippen LogP contribution in [-0.4, -0.2) is 35.6 Å². The number of anilines is 1. The van der Waals surface area contributed by atoms with Crippen LogP contribution in [0.5, 0.6) is 0 Å². The van der Waals surface area contributed by atoms with Crippen LogP contribution in [0, 0.1) is 0 Å². The minimum atomic E-state index is -0.348. The Morgan fingerprint density at radius 1 is 1.50 bits per heavy atom. The Hall–Kier alpha value is -2.05. The Kier molecular flexibility index (Phi) is 3.50. The van der Waals surface area contributed by atoms with Crippen molar-refractivity contribution in [2.75, 3.05) is 19.3 Å². The van der Waals surface area contributed by atoms with Gasteiger partial charge in [-0.15, -0.1) is 0 Å². The zero-order valence-corrected chi connectivity index (χ0v) is 10.2. The van der Waals surface area contributed by atoms with Crippen molar-refractivity contribution < 1.29 is 9.59 Å². The fourth-order valence-electron chi connectivity index (χ4n) is 1.72. The molecule has 0 radical (unpaired) electrons. The zero-order valence-electron chi connectivity index (χ0n) is 10.2. The SMILES string of the molecule is CNC(=O)CCNC(=O)c1n[nH]c(C2CC2)c1N. The van der Waals surface area contributed by atoms with Crippen LogP contribution < -0.4 is 16.4 Å². The van der Waals surface area contributed by atoms with Gasteiger partial charge in [0.25, 0.3) is 5.91 Å². The number of hydrogen-bond donors (Lipinski definition) is 4. The lowest BCUT2D eigenvalue weighted by Crippen LogP contribution is -2.29. The molecule has 98 valence electrons. The molecule has 0 bridgehead atoms. The summed E-state index contributed by atoms with van der Waals surface area (Å²) >= 11 is 0. The summed E-state index contributed by atoms with van der Waals surface area (Å²) < 4.78 is 0. The van der Waals surface area contributed by atoms with E-state index in [1.165, 1.54) is 0 Å². The third-order valence-corrected chi connectivity index (χ3v) is 2.95. The summed E-state index contributed by atoms with van der Waals surface area (Å²) in [7, 11) is 1.55. The van der Waals surface area contributed by atoms with E-state index >= 15 is 0 Å². The molecule has 7 heteroatoms. The Bertz CT molecular complexity index is 464. The molecule has 0 unspecified atom stereocenters. The predicted octanol–water partition coefficient (Wildman–Crippen LogP) is -0.265. The normalized spacial score (nSPS) is 14.3. The molecule has 5 N–H and O–H groups in total. The van der Waals surface area contributed by atoms with Gasteiger partial charge < -0.3 is 16.4 Å². The Labute approximate surface area is 105 Å². The highest BCUT2D eigenvalue weighted by Crippen LogP contribution is 2.42. The van der Waals surface area contributed by atoms with Crippen LogP contribution in [0.4, 0.5) is 5.69 Å². The van der Waals surface area contributed by atoms with E-state index < -0.39 is 0 Å². The minimum absolute atomic E-state index is 0.121. The maximum atomic E-state index is 11.8. The summed E-state index contributed by atoms with van der Waals surface area (Å²) in [5, 5.41) is 11.8. The van der Waals surface area contributed by atoms with Gasteiger partial charge in [-0.1, -0.05) is 0 Å². The number of aromatic nitrogens is 2. The highest BCUT2D eigenvalue weighted by Gasteiger charge is 2.30. The monoisotopic (exact) mass is 251 g/mol. The molecule has 0 aromatic carbocycles. The average molecular weight is 251 g/mol. The number of aromatic amines is 1. The number of carbonyl (C=O) groups excluding carboxylic acids is 2. The second-order valence-corrected chi connectivity index (χ2v) is 4.35. The van der Waals surface area contributed by atoms with E-state index in [1.54, 1.807) is 7.05 Å². The molecular formula is C11H17N5O2. The summed E-state index contributed by atoms with van der Waals surface area (Å²) in [6, 6.07) is 0. The topological polar surface area (TPSA) is 113 Å². The molecule has 2 rings (SSSR count). The fourth-order valence-corrected chi connectivity index (χ4v) is 1.72. The number of nitrogen functional groups attached to an aromatic ring is 1. The number of amides is 2. The second kappa shape index (κ2) is 5.07. The molecule has 0 atom stereocenters.